The molecule has 0 spiro atoms. The molecule has 0 unspecified atom stereocenters. The Labute approximate surface area is 130 Å². The number of amides is 1. The van der Waals surface area contributed by atoms with Gasteiger partial charge >= 0.3 is 0 Å². The van der Waals surface area contributed by atoms with Crippen LogP contribution in [0.25, 0.3) is 0 Å². The molecule has 3 rings (SSSR count). The Morgan fingerprint density at radius 1 is 1.36 bits per heavy atom. The van der Waals surface area contributed by atoms with E-state index in [0.29, 0.717) is 31.9 Å². The van der Waals surface area contributed by atoms with Crippen LogP contribution in [-0.2, 0) is 14.3 Å². The second kappa shape index (κ2) is 7.19. The van der Waals surface area contributed by atoms with E-state index >= 15 is 0 Å². The molecule has 0 radical (unpaired) electrons. The quantitative estimate of drug-likeness (QED) is 0.908. The van der Waals surface area contributed by atoms with E-state index in [1.807, 2.05) is 11.8 Å². The van der Waals surface area contributed by atoms with E-state index in [1.54, 1.807) is 0 Å². The molecular weight excluding hydrogens is 284 g/mol. The number of carbonyl (C=O) groups is 1. The summed E-state index contributed by atoms with van der Waals surface area (Å²) in [6.07, 6.45) is 4.83. The summed E-state index contributed by atoms with van der Waals surface area (Å²) in [4.78, 5) is 18.6. The van der Waals surface area contributed by atoms with Gasteiger partial charge in [-0.3, -0.25) is 9.89 Å². The van der Waals surface area contributed by atoms with Gasteiger partial charge in [0.05, 0.1) is 19.3 Å². The monoisotopic (exact) mass is 308 g/mol. The second-order valence-electron chi connectivity index (χ2n) is 6.01. The summed E-state index contributed by atoms with van der Waals surface area (Å²) in [6.45, 7) is 4.39. The third-order valence-corrected chi connectivity index (χ3v) is 4.28. The van der Waals surface area contributed by atoms with Gasteiger partial charge in [0, 0.05) is 19.6 Å². The van der Waals surface area contributed by atoms with Crippen molar-refractivity contribution in [3.8, 4) is 0 Å². The third kappa shape index (κ3) is 3.84. The molecule has 2 saturated heterocycles. The van der Waals surface area contributed by atoms with Gasteiger partial charge in [-0.25, -0.2) is 4.98 Å². The van der Waals surface area contributed by atoms with Gasteiger partial charge in [0.1, 0.15) is 11.9 Å². The number of ether oxygens (including phenoxy) is 2. The minimum Gasteiger partial charge on any atom is -0.378 e. The number of rotatable bonds is 4. The van der Waals surface area contributed by atoms with Crippen molar-refractivity contribution in [3.63, 3.8) is 0 Å². The Morgan fingerprint density at radius 2 is 2.27 bits per heavy atom. The number of aryl methyl sites for hydroxylation is 1. The van der Waals surface area contributed by atoms with Crippen LogP contribution >= 0.6 is 0 Å². The molecule has 2 fully saturated rings. The number of nitrogens with one attached hydrogen (secondary N) is 1. The van der Waals surface area contributed by atoms with E-state index in [1.165, 1.54) is 6.42 Å². The van der Waals surface area contributed by atoms with Crippen molar-refractivity contribution in [2.75, 3.05) is 26.3 Å². The Balaban J connectivity index is 1.49. The molecule has 2 aliphatic rings. The molecule has 0 aliphatic carbocycles. The number of nitrogens with zero attached hydrogens (tertiary/aromatic N) is 3. The zero-order chi connectivity index (χ0) is 15.4. The molecule has 0 aromatic carbocycles. The molecular formula is C15H24N4O3. The first-order valence-electron chi connectivity index (χ1n) is 8.12. The van der Waals surface area contributed by atoms with Gasteiger partial charge in [-0.15, -0.1) is 0 Å². The molecule has 22 heavy (non-hydrogen) atoms. The Bertz CT molecular complexity index is 499. The first-order valence-corrected chi connectivity index (χ1v) is 8.12. The van der Waals surface area contributed by atoms with Crippen molar-refractivity contribution < 1.29 is 14.3 Å². The highest BCUT2D eigenvalue weighted by molar-refractivity contribution is 5.76. The lowest BCUT2D eigenvalue weighted by molar-refractivity contribution is -0.140. The van der Waals surface area contributed by atoms with Gasteiger partial charge in [0.25, 0.3) is 0 Å². The number of aromatic nitrogens is 3. The number of H-pyrrole nitrogens is 1. The van der Waals surface area contributed by atoms with Crippen LogP contribution < -0.4 is 0 Å². The molecule has 0 saturated carbocycles. The fourth-order valence-corrected chi connectivity index (χ4v) is 3.01. The molecule has 2 aliphatic heterocycles. The van der Waals surface area contributed by atoms with Crippen molar-refractivity contribution in [3.05, 3.63) is 11.6 Å². The van der Waals surface area contributed by atoms with E-state index in [-0.39, 0.29) is 18.1 Å². The molecule has 3 heterocycles. The van der Waals surface area contributed by atoms with Gasteiger partial charge in [-0.2, -0.15) is 5.10 Å². The number of morpholine rings is 1. The van der Waals surface area contributed by atoms with Crippen molar-refractivity contribution in [2.24, 2.45) is 0 Å². The van der Waals surface area contributed by atoms with Crippen molar-refractivity contribution >= 4 is 5.91 Å². The number of hydrogen-bond donors (Lipinski definition) is 1. The maximum Gasteiger partial charge on any atom is 0.222 e. The predicted octanol–water partition coefficient (Wildman–Crippen LogP) is 1.36. The Kier molecular flexibility index (Phi) is 5.04. The van der Waals surface area contributed by atoms with E-state index in [2.05, 4.69) is 15.2 Å². The zero-order valence-corrected chi connectivity index (χ0v) is 13.1. The highest BCUT2D eigenvalue weighted by atomic mass is 16.5. The molecule has 122 valence electrons. The largest absolute Gasteiger partial charge is 0.378 e. The summed E-state index contributed by atoms with van der Waals surface area (Å²) < 4.78 is 11.4. The van der Waals surface area contributed by atoms with Gasteiger partial charge in [0.2, 0.25) is 5.91 Å². The summed E-state index contributed by atoms with van der Waals surface area (Å²) in [7, 11) is 0. The number of aromatic amines is 1. The average molecular weight is 308 g/mol. The van der Waals surface area contributed by atoms with E-state index < -0.39 is 0 Å². The highest BCUT2D eigenvalue weighted by Gasteiger charge is 2.28. The molecule has 7 heteroatoms. The Morgan fingerprint density at radius 3 is 3.00 bits per heavy atom. The van der Waals surface area contributed by atoms with Crippen LogP contribution in [-0.4, -0.2) is 58.4 Å². The van der Waals surface area contributed by atoms with Crippen LogP contribution in [0.2, 0.25) is 0 Å². The minimum absolute atomic E-state index is 0.176. The topological polar surface area (TPSA) is 80.3 Å². The number of hydrogen-bond acceptors (Lipinski definition) is 5. The van der Waals surface area contributed by atoms with E-state index in [9.17, 15) is 4.79 Å². The predicted molar refractivity (Wildman–Crippen MR) is 79.2 cm³/mol. The van der Waals surface area contributed by atoms with Gasteiger partial charge in [0.15, 0.2) is 5.82 Å². The molecule has 2 atom stereocenters. The molecule has 1 aromatic rings. The third-order valence-electron chi connectivity index (χ3n) is 4.28. The van der Waals surface area contributed by atoms with Gasteiger partial charge in [-0.05, 0) is 32.6 Å². The fourth-order valence-electron chi connectivity index (χ4n) is 3.01. The highest BCUT2D eigenvalue weighted by Crippen LogP contribution is 2.21. The van der Waals surface area contributed by atoms with Crippen LogP contribution in [0.1, 0.15) is 49.9 Å². The maximum atomic E-state index is 12.4. The molecule has 1 aromatic heterocycles. The van der Waals surface area contributed by atoms with Crippen LogP contribution in [0.4, 0.5) is 0 Å². The summed E-state index contributed by atoms with van der Waals surface area (Å²) >= 11 is 0. The lowest BCUT2D eigenvalue weighted by atomic mass is 10.0. The van der Waals surface area contributed by atoms with E-state index in [4.69, 9.17) is 9.47 Å². The summed E-state index contributed by atoms with van der Waals surface area (Å²) in [6, 6.07) is 0. The summed E-state index contributed by atoms with van der Waals surface area (Å²) in [5.74, 6) is 1.57. The average Bonchev–Trinajstić information content (AvgIpc) is 3.00. The summed E-state index contributed by atoms with van der Waals surface area (Å²) in [5, 5.41) is 6.95. The van der Waals surface area contributed by atoms with Crippen LogP contribution in [0.5, 0.6) is 0 Å². The molecule has 1 N–H and O–H groups in total. The second-order valence-corrected chi connectivity index (χ2v) is 6.01. The van der Waals surface area contributed by atoms with Crippen LogP contribution in [0, 0.1) is 6.92 Å². The normalized spacial score (nSPS) is 26.1. The smallest absolute Gasteiger partial charge is 0.222 e. The van der Waals surface area contributed by atoms with Gasteiger partial charge < -0.3 is 14.4 Å². The fraction of sp³-hybridized carbons (Fsp3) is 0.800. The standard InChI is InChI=1S/C15H24N4O3/c1-11-16-15(18-17-11)13-10-19(7-9-22-13)14(20)6-5-12-4-2-3-8-21-12/h12-13H,2-10H2,1H3,(H,16,17,18)/t12-,13-/m0/s1. The zero-order valence-electron chi connectivity index (χ0n) is 13.1. The molecule has 7 nitrogen and oxygen atoms in total. The first kappa shape index (κ1) is 15.4. The minimum atomic E-state index is -0.228. The summed E-state index contributed by atoms with van der Waals surface area (Å²) in [5.41, 5.74) is 0. The lowest BCUT2D eigenvalue weighted by Gasteiger charge is -2.32. The number of carbonyl (C=O) groups excluding carboxylic acids is 1. The van der Waals surface area contributed by atoms with Crippen molar-refractivity contribution in [1.82, 2.24) is 20.1 Å². The first-order chi connectivity index (χ1) is 10.7. The molecule has 1 amide bonds. The Hall–Kier alpha value is -1.47. The van der Waals surface area contributed by atoms with Crippen LogP contribution in [0.15, 0.2) is 0 Å². The maximum absolute atomic E-state index is 12.4. The van der Waals surface area contributed by atoms with Gasteiger partial charge in [-0.1, -0.05) is 0 Å². The lowest BCUT2D eigenvalue weighted by Crippen LogP contribution is -2.42. The van der Waals surface area contributed by atoms with Crippen molar-refractivity contribution in [2.45, 2.75) is 51.2 Å². The van der Waals surface area contributed by atoms with E-state index in [0.717, 1.165) is 31.7 Å². The van der Waals surface area contributed by atoms with Crippen LogP contribution in [0.3, 0.4) is 0 Å². The SMILES string of the molecule is Cc1nc([C@@H]2CN(C(=O)CC[C@@H]3CCCCO3)CCO2)n[nH]1. The van der Waals surface area contributed by atoms with Crippen molar-refractivity contribution in [1.29, 1.82) is 0 Å². The molecule has 0 bridgehead atoms.